The molecule has 0 unspecified atom stereocenters. The van der Waals surface area contributed by atoms with Gasteiger partial charge in [0.2, 0.25) is 11.8 Å². The van der Waals surface area contributed by atoms with Crippen molar-refractivity contribution in [2.24, 2.45) is 11.8 Å². The summed E-state index contributed by atoms with van der Waals surface area (Å²) in [5, 5.41) is 8.82. The van der Waals surface area contributed by atoms with Gasteiger partial charge in [0.1, 0.15) is 5.69 Å². The predicted molar refractivity (Wildman–Crippen MR) is 110 cm³/mol. The van der Waals surface area contributed by atoms with E-state index in [-0.39, 0.29) is 12.1 Å². The first-order chi connectivity index (χ1) is 14.7. The second kappa shape index (κ2) is 7.98. The van der Waals surface area contributed by atoms with Gasteiger partial charge in [0.05, 0.1) is 25.5 Å². The first-order valence-electron chi connectivity index (χ1n) is 10.2. The van der Waals surface area contributed by atoms with Crippen LogP contribution in [0.5, 0.6) is 5.88 Å². The Morgan fingerprint density at radius 3 is 2.57 bits per heavy atom. The molecule has 1 saturated heterocycles. The quantitative estimate of drug-likeness (QED) is 0.636. The van der Waals surface area contributed by atoms with Crippen LogP contribution in [0.15, 0.2) is 43.0 Å². The van der Waals surface area contributed by atoms with Crippen molar-refractivity contribution >= 4 is 5.95 Å². The molecule has 0 N–H and O–H groups in total. The van der Waals surface area contributed by atoms with Crippen molar-refractivity contribution in [3.05, 3.63) is 43.0 Å². The molecule has 1 aliphatic carbocycles. The molecule has 2 fully saturated rings. The lowest BCUT2D eigenvalue weighted by Gasteiger charge is -2.36. The van der Waals surface area contributed by atoms with E-state index in [1.807, 2.05) is 23.0 Å². The number of methoxy groups -OCH3 is 2. The topological polar surface area (TPSA) is 91.1 Å². The number of aromatic nitrogens is 6. The van der Waals surface area contributed by atoms with E-state index >= 15 is 0 Å². The predicted octanol–water partition coefficient (Wildman–Crippen LogP) is 2.24. The third-order valence-electron chi connectivity index (χ3n) is 6.32. The zero-order valence-electron chi connectivity index (χ0n) is 17.1. The van der Waals surface area contributed by atoms with E-state index in [1.165, 1.54) is 0 Å². The second-order valence-electron chi connectivity index (χ2n) is 7.96. The second-order valence-corrected chi connectivity index (χ2v) is 7.96. The Morgan fingerprint density at radius 2 is 1.80 bits per heavy atom. The van der Waals surface area contributed by atoms with E-state index in [1.54, 1.807) is 38.9 Å². The van der Waals surface area contributed by atoms with Crippen molar-refractivity contribution in [1.29, 1.82) is 0 Å². The number of hydrogen-bond acceptors (Lipinski definition) is 8. The summed E-state index contributed by atoms with van der Waals surface area (Å²) in [6.07, 6.45) is 9.38. The van der Waals surface area contributed by atoms with E-state index in [4.69, 9.17) is 9.47 Å². The van der Waals surface area contributed by atoms with Crippen LogP contribution in [0.3, 0.4) is 0 Å². The van der Waals surface area contributed by atoms with Crippen LogP contribution < -0.4 is 9.64 Å². The van der Waals surface area contributed by atoms with Crippen LogP contribution in [0.25, 0.3) is 11.3 Å². The van der Waals surface area contributed by atoms with Gasteiger partial charge in [-0.3, -0.25) is 4.98 Å². The minimum Gasteiger partial charge on any atom is -0.481 e. The normalized spacial score (nSPS) is 25.9. The number of anilines is 1. The number of fused-ring (bicyclic) bond motifs is 1. The fraction of sp³-hybridized carbons (Fsp3) is 0.476. The van der Waals surface area contributed by atoms with Crippen LogP contribution >= 0.6 is 0 Å². The molecule has 0 spiro atoms. The molecule has 3 aromatic rings. The zero-order valence-corrected chi connectivity index (χ0v) is 17.1. The van der Waals surface area contributed by atoms with Gasteiger partial charge >= 0.3 is 0 Å². The molecule has 0 bridgehead atoms. The highest BCUT2D eigenvalue weighted by Crippen LogP contribution is 2.43. The number of pyridine rings is 1. The Hall–Kier alpha value is -3.07. The third kappa shape index (κ3) is 3.49. The number of hydrogen-bond donors (Lipinski definition) is 0. The smallest absolute Gasteiger partial charge is 0.228 e. The molecule has 1 aliphatic heterocycles. The van der Waals surface area contributed by atoms with E-state index in [0.717, 1.165) is 43.1 Å². The summed E-state index contributed by atoms with van der Waals surface area (Å²) in [5.74, 6) is 2.40. The Bertz CT molecular complexity index is 996. The minimum atomic E-state index is 0.101. The van der Waals surface area contributed by atoms with Crippen molar-refractivity contribution in [1.82, 2.24) is 29.9 Å². The Morgan fingerprint density at radius 1 is 1.00 bits per heavy atom. The van der Waals surface area contributed by atoms with Crippen LogP contribution in [0.2, 0.25) is 0 Å². The van der Waals surface area contributed by atoms with Crippen LogP contribution in [-0.2, 0) is 4.74 Å². The summed E-state index contributed by atoms with van der Waals surface area (Å²) in [4.78, 5) is 15.3. The fourth-order valence-electron chi connectivity index (χ4n) is 4.78. The maximum absolute atomic E-state index is 5.89. The SMILES string of the molecule is COc1ccnc(N2C[C@H]3C[C@@H](n4cc(-c5ccncc5)nn4)[C@H](OC)C[C@H]3C2)n1. The van der Waals surface area contributed by atoms with Crippen LogP contribution in [-0.4, -0.2) is 63.4 Å². The van der Waals surface area contributed by atoms with Crippen molar-refractivity contribution in [3.8, 4) is 17.1 Å². The fourth-order valence-corrected chi connectivity index (χ4v) is 4.78. The maximum Gasteiger partial charge on any atom is 0.228 e. The summed E-state index contributed by atoms with van der Waals surface area (Å²) in [5.41, 5.74) is 1.87. The summed E-state index contributed by atoms with van der Waals surface area (Å²) in [6.45, 7) is 1.86. The Kier molecular flexibility index (Phi) is 5.04. The van der Waals surface area contributed by atoms with Gasteiger partial charge in [-0.1, -0.05) is 5.21 Å². The van der Waals surface area contributed by atoms with Gasteiger partial charge in [-0.05, 0) is 36.8 Å². The molecule has 9 nitrogen and oxygen atoms in total. The molecule has 0 aromatic carbocycles. The lowest BCUT2D eigenvalue weighted by atomic mass is 9.77. The van der Waals surface area contributed by atoms with Gasteiger partial charge in [0.25, 0.3) is 0 Å². The summed E-state index contributed by atoms with van der Waals surface area (Å²) in [7, 11) is 3.42. The molecule has 0 amide bonds. The number of ether oxygens (including phenoxy) is 2. The van der Waals surface area contributed by atoms with Crippen LogP contribution in [0.4, 0.5) is 5.95 Å². The van der Waals surface area contributed by atoms with Gasteiger partial charge in [-0.15, -0.1) is 5.10 Å². The average molecular weight is 407 g/mol. The molecule has 9 heteroatoms. The van der Waals surface area contributed by atoms with Crippen molar-refractivity contribution in [2.75, 3.05) is 32.2 Å². The largest absolute Gasteiger partial charge is 0.481 e. The lowest BCUT2D eigenvalue weighted by molar-refractivity contribution is -0.00541. The lowest BCUT2D eigenvalue weighted by Crippen LogP contribution is -2.37. The van der Waals surface area contributed by atoms with Gasteiger partial charge in [-0.2, -0.15) is 4.98 Å². The molecular formula is C21H25N7O2. The van der Waals surface area contributed by atoms with E-state index < -0.39 is 0 Å². The molecule has 5 rings (SSSR count). The molecule has 1 saturated carbocycles. The molecule has 156 valence electrons. The first-order valence-corrected chi connectivity index (χ1v) is 10.2. The molecule has 30 heavy (non-hydrogen) atoms. The van der Waals surface area contributed by atoms with Gasteiger partial charge < -0.3 is 14.4 Å². The number of nitrogens with zero attached hydrogens (tertiary/aromatic N) is 7. The molecule has 4 atom stereocenters. The van der Waals surface area contributed by atoms with Gasteiger partial charge in [-0.25, -0.2) is 9.67 Å². The average Bonchev–Trinajstić information content (AvgIpc) is 3.46. The minimum absolute atomic E-state index is 0.101. The van der Waals surface area contributed by atoms with Crippen molar-refractivity contribution in [2.45, 2.75) is 25.0 Å². The Labute approximate surface area is 175 Å². The van der Waals surface area contributed by atoms with Gasteiger partial charge in [0.15, 0.2) is 0 Å². The Balaban J connectivity index is 1.35. The van der Waals surface area contributed by atoms with Crippen LogP contribution in [0.1, 0.15) is 18.9 Å². The molecule has 2 aliphatic rings. The van der Waals surface area contributed by atoms with Gasteiger partial charge in [0, 0.05) is 50.4 Å². The summed E-state index contributed by atoms with van der Waals surface area (Å²) >= 11 is 0. The van der Waals surface area contributed by atoms with Crippen LogP contribution in [0, 0.1) is 11.8 Å². The summed E-state index contributed by atoms with van der Waals surface area (Å²) < 4.78 is 13.1. The highest BCUT2D eigenvalue weighted by atomic mass is 16.5. The summed E-state index contributed by atoms with van der Waals surface area (Å²) in [6, 6.07) is 5.82. The van der Waals surface area contributed by atoms with E-state index in [2.05, 4.69) is 30.2 Å². The molecule has 0 radical (unpaired) electrons. The van der Waals surface area contributed by atoms with E-state index in [0.29, 0.717) is 17.7 Å². The third-order valence-corrected chi connectivity index (χ3v) is 6.32. The standard InChI is InChI=1S/C21H25N7O2/c1-29-19-10-16-12-27(21-23-8-5-20(24-21)30-2)11-15(16)9-18(19)28-13-17(25-26-28)14-3-6-22-7-4-14/h3-8,13,15-16,18-19H,9-12H2,1-2H3/t15-,16+,18-,19-/m1/s1. The number of rotatable bonds is 5. The zero-order chi connectivity index (χ0) is 20.5. The first kappa shape index (κ1) is 18.9. The van der Waals surface area contributed by atoms with E-state index in [9.17, 15) is 0 Å². The molecule has 3 aromatic heterocycles. The molecule has 4 heterocycles. The monoisotopic (exact) mass is 407 g/mol. The highest BCUT2D eigenvalue weighted by molar-refractivity contribution is 5.56. The maximum atomic E-state index is 5.89. The van der Waals surface area contributed by atoms with Crippen molar-refractivity contribution < 1.29 is 9.47 Å². The molecular weight excluding hydrogens is 382 g/mol. The highest BCUT2D eigenvalue weighted by Gasteiger charge is 2.44. The van der Waals surface area contributed by atoms with Crippen molar-refractivity contribution in [3.63, 3.8) is 0 Å².